The number of aliphatic imine (C=N–C) groups is 1. The van der Waals surface area contributed by atoms with Gasteiger partial charge in [0.15, 0.2) is 5.96 Å². The molecule has 0 aromatic heterocycles. The van der Waals surface area contributed by atoms with Crippen molar-refractivity contribution in [1.29, 1.82) is 0 Å². The average molecular weight is 403 g/mol. The van der Waals surface area contributed by atoms with Crippen LogP contribution in [0.4, 0.5) is 0 Å². The topological polar surface area (TPSA) is 56.7 Å². The number of rotatable bonds is 7. The van der Waals surface area contributed by atoms with Crippen molar-refractivity contribution in [2.75, 3.05) is 26.7 Å². The predicted molar refractivity (Wildman–Crippen MR) is 100 cm³/mol. The molecular formula is C16H26IN3O. The number of aliphatic hydroxyl groups excluding tert-OH is 1. The van der Waals surface area contributed by atoms with Gasteiger partial charge in [0.1, 0.15) is 0 Å². The van der Waals surface area contributed by atoms with Crippen molar-refractivity contribution in [3.05, 3.63) is 48.0 Å². The van der Waals surface area contributed by atoms with Crippen molar-refractivity contribution in [3.8, 4) is 0 Å². The Bertz CT molecular complexity index is 421. The van der Waals surface area contributed by atoms with Crippen LogP contribution in [0.2, 0.25) is 0 Å². The van der Waals surface area contributed by atoms with E-state index in [1.165, 1.54) is 0 Å². The fraction of sp³-hybridized carbons (Fsp3) is 0.438. The summed E-state index contributed by atoms with van der Waals surface area (Å²) in [7, 11) is 1.75. The lowest BCUT2D eigenvalue weighted by atomic mass is 10.0. The fourth-order valence-corrected chi connectivity index (χ4v) is 1.89. The van der Waals surface area contributed by atoms with Crippen LogP contribution < -0.4 is 10.6 Å². The molecule has 0 aliphatic heterocycles. The number of benzene rings is 1. The van der Waals surface area contributed by atoms with Gasteiger partial charge in [0.2, 0.25) is 0 Å². The van der Waals surface area contributed by atoms with E-state index in [1.807, 2.05) is 43.3 Å². The van der Waals surface area contributed by atoms with Crippen molar-refractivity contribution in [2.45, 2.75) is 19.3 Å². The normalized spacial score (nSPS) is 12.8. The number of halogens is 1. The maximum absolute atomic E-state index is 9.50. The standard InChI is InChI=1S/C16H25N3O.HI/c1-3-4-8-11-18-16(17-2)19-12-15(13-20)14-9-6-5-7-10-14;/h3-7,9-10,15,20H,8,11-13H2,1-2H3,(H2,17,18,19);1H/b4-3+;. The Morgan fingerprint density at radius 1 is 1.29 bits per heavy atom. The maximum atomic E-state index is 9.50. The number of aliphatic hydroxyl groups is 1. The van der Waals surface area contributed by atoms with Crippen LogP contribution in [0.3, 0.4) is 0 Å². The molecule has 1 unspecified atom stereocenters. The van der Waals surface area contributed by atoms with E-state index < -0.39 is 0 Å². The molecule has 0 bridgehead atoms. The molecule has 0 saturated carbocycles. The number of hydrogen-bond donors (Lipinski definition) is 3. The van der Waals surface area contributed by atoms with Crippen LogP contribution in [-0.4, -0.2) is 37.8 Å². The average Bonchev–Trinajstić information content (AvgIpc) is 2.51. The summed E-state index contributed by atoms with van der Waals surface area (Å²) in [5.74, 6) is 0.842. The Balaban J connectivity index is 0.00000400. The van der Waals surface area contributed by atoms with E-state index in [0.717, 1.165) is 24.5 Å². The molecule has 21 heavy (non-hydrogen) atoms. The SMILES string of the molecule is C/C=C/CCNC(=NC)NCC(CO)c1ccccc1.I. The van der Waals surface area contributed by atoms with Gasteiger partial charge in [-0.25, -0.2) is 0 Å². The highest BCUT2D eigenvalue weighted by Crippen LogP contribution is 2.13. The molecule has 0 fully saturated rings. The first-order valence-electron chi connectivity index (χ1n) is 7.03. The molecule has 0 amide bonds. The Hall–Kier alpha value is -1.08. The van der Waals surface area contributed by atoms with Gasteiger partial charge in [0, 0.05) is 26.1 Å². The predicted octanol–water partition coefficient (Wildman–Crippen LogP) is 2.51. The molecule has 0 aliphatic carbocycles. The second kappa shape index (κ2) is 12.6. The largest absolute Gasteiger partial charge is 0.396 e. The van der Waals surface area contributed by atoms with Gasteiger partial charge < -0.3 is 15.7 Å². The van der Waals surface area contributed by atoms with E-state index in [9.17, 15) is 5.11 Å². The van der Waals surface area contributed by atoms with E-state index in [1.54, 1.807) is 7.05 Å². The minimum atomic E-state index is 0. The highest BCUT2D eigenvalue weighted by atomic mass is 127. The zero-order valence-electron chi connectivity index (χ0n) is 12.7. The first-order chi connectivity index (χ1) is 9.81. The Morgan fingerprint density at radius 3 is 2.57 bits per heavy atom. The van der Waals surface area contributed by atoms with E-state index in [0.29, 0.717) is 6.54 Å². The number of nitrogens with zero attached hydrogens (tertiary/aromatic N) is 1. The van der Waals surface area contributed by atoms with Crippen LogP contribution in [0.5, 0.6) is 0 Å². The maximum Gasteiger partial charge on any atom is 0.191 e. The fourth-order valence-electron chi connectivity index (χ4n) is 1.89. The quantitative estimate of drug-likeness (QED) is 0.216. The summed E-state index contributed by atoms with van der Waals surface area (Å²) < 4.78 is 0. The lowest BCUT2D eigenvalue weighted by Gasteiger charge is -2.17. The first kappa shape index (κ1) is 19.9. The summed E-state index contributed by atoms with van der Waals surface area (Å²) in [5, 5.41) is 16.0. The van der Waals surface area contributed by atoms with E-state index in [4.69, 9.17) is 0 Å². The van der Waals surface area contributed by atoms with Crippen molar-refractivity contribution < 1.29 is 5.11 Å². The van der Waals surface area contributed by atoms with Crippen molar-refractivity contribution >= 4 is 29.9 Å². The van der Waals surface area contributed by atoms with E-state index in [-0.39, 0.29) is 36.5 Å². The third kappa shape index (κ3) is 8.06. The van der Waals surface area contributed by atoms with Crippen molar-refractivity contribution in [1.82, 2.24) is 10.6 Å². The van der Waals surface area contributed by atoms with Gasteiger partial charge in [0.25, 0.3) is 0 Å². The highest BCUT2D eigenvalue weighted by molar-refractivity contribution is 14.0. The molecule has 4 nitrogen and oxygen atoms in total. The molecule has 1 atom stereocenters. The van der Waals surface area contributed by atoms with Crippen LogP contribution in [0.15, 0.2) is 47.5 Å². The lowest BCUT2D eigenvalue weighted by molar-refractivity contribution is 0.265. The first-order valence-corrected chi connectivity index (χ1v) is 7.03. The summed E-state index contributed by atoms with van der Waals surface area (Å²) in [4.78, 5) is 4.17. The second-order valence-corrected chi connectivity index (χ2v) is 4.53. The minimum Gasteiger partial charge on any atom is -0.396 e. The van der Waals surface area contributed by atoms with Gasteiger partial charge >= 0.3 is 0 Å². The molecule has 1 aromatic carbocycles. The van der Waals surface area contributed by atoms with Crippen LogP contribution in [0, 0.1) is 0 Å². The van der Waals surface area contributed by atoms with Crippen LogP contribution in [0.1, 0.15) is 24.8 Å². The third-order valence-electron chi connectivity index (χ3n) is 3.07. The zero-order chi connectivity index (χ0) is 14.6. The minimum absolute atomic E-state index is 0. The van der Waals surface area contributed by atoms with Gasteiger partial charge in [-0.2, -0.15) is 0 Å². The molecule has 1 rings (SSSR count). The summed E-state index contributed by atoms with van der Waals surface area (Å²) in [6.07, 6.45) is 5.12. The van der Waals surface area contributed by atoms with Gasteiger partial charge in [-0.15, -0.1) is 24.0 Å². The molecule has 118 valence electrons. The lowest BCUT2D eigenvalue weighted by Crippen LogP contribution is -2.40. The molecule has 0 spiro atoms. The molecule has 5 heteroatoms. The second-order valence-electron chi connectivity index (χ2n) is 4.53. The molecule has 0 radical (unpaired) electrons. The Kier molecular flexibility index (Phi) is 12.0. The van der Waals surface area contributed by atoms with Crippen LogP contribution in [0.25, 0.3) is 0 Å². The zero-order valence-corrected chi connectivity index (χ0v) is 15.1. The van der Waals surface area contributed by atoms with Gasteiger partial charge in [0.05, 0.1) is 6.61 Å². The van der Waals surface area contributed by atoms with Gasteiger partial charge in [-0.1, -0.05) is 42.5 Å². The number of hydrogen-bond acceptors (Lipinski definition) is 2. The van der Waals surface area contributed by atoms with Crippen LogP contribution >= 0.6 is 24.0 Å². The van der Waals surface area contributed by atoms with Gasteiger partial charge in [-0.3, -0.25) is 4.99 Å². The number of guanidine groups is 1. The molecule has 0 aliphatic rings. The monoisotopic (exact) mass is 403 g/mol. The molecular weight excluding hydrogens is 377 g/mol. The number of allylic oxidation sites excluding steroid dienone is 1. The summed E-state index contributed by atoms with van der Waals surface area (Å²) >= 11 is 0. The van der Waals surface area contributed by atoms with E-state index in [2.05, 4.69) is 21.7 Å². The van der Waals surface area contributed by atoms with E-state index >= 15 is 0 Å². The summed E-state index contributed by atoms with van der Waals surface area (Å²) in [6, 6.07) is 10.0. The molecule has 3 N–H and O–H groups in total. The van der Waals surface area contributed by atoms with Crippen LogP contribution in [-0.2, 0) is 0 Å². The molecule has 1 aromatic rings. The smallest absolute Gasteiger partial charge is 0.191 e. The number of nitrogens with one attached hydrogen (secondary N) is 2. The molecule has 0 heterocycles. The van der Waals surface area contributed by atoms with Crippen molar-refractivity contribution in [3.63, 3.8) is 0 Å². The summed E-state index contributed by atoms with van der Waals surface area (Å²) in [5.41, 5.74) is 1.13. The molecule has 0 saturated heterocycles. The Labute approximate surface area is 144 Å². The highest BCUT2D eigenvalue weighted by Gasteiger charge is 2.10. The Morgan fingerprint density at radius 2 is 2.00 bits per heavy atom. The van der Waals surface area contributed by atoms with Gasteiger partial charge in [-0.05, 0) is 18.9 Å². The third-order valence-corrected chi connectivity index (χ3v) is 3.07. The van der Waals surface area contributed by atoms with Crippen molar-refractivity contribution in [2.24, 2.45) is 4.99 Å². The summed E-state index contributed by atoms with van der Waals surface area (Å²) in [6.45, 7) is 3.63.